The fourth-order valence-electron chi connectivity index (χ4n) is 4.63. The maximum atomic E-state index is 13.5. The molecule has 1 N–H and O–H groups in total. The normalized spacial score (nSPS) is 18.4. The lowest BCUT2D eigenvalue weighted by Gasteiger charge is -2.38. The van der Waals surface area contributed by atoms with Gasteiger partial charge in [-0.15, -0.1) is 24.8 Å². The number of carbonyl (C=O) groups excluding carboxylic acids is 1. The van der Waals surface area contributed by atoms with Crippen LogP contribution in [-0.2, 0) is 11.2 Å². The first kappa shape index (κ1) is 27.8. The van der Waals surface area contributed by atoms with Gasteiger partial charge in [0.2, 0.25) is 5.91 Å². The number of aryl methyl sites for hydroxylation is 1. The lowest BCUT2D eigenvalue weighted by atomic mass is 9.96. The van der Waals surface area contributed by atoms with Crippen LogP contribution in [0.1, 0.15) is 55.8 Å². The number of carbonyl (C=O) groups is 1. The highest BCUT2D eigenvalue weighted by molar-refractivity contribution is 9.10. The summed E-state index contributed by atoms with van der Waals surface area (Å²) in [6, 6.07) is 8.47. The van der Waals surface area contributed by atoms with E-state index in [2.05, 4.69) is 69.0 Å². The average molecular weight is 559 g/mol. The standard InChI is InChI=1S/C24H32BrN5O.2ClH/c1-16(2)26-14-20(18-5-7-19(25)8-6-18)24(31)30-12-10-29(11-13-30)23-22-17(3)4-9-21(22)27-15-28-23;;/h5-8,15-17,20,26H,4,9-14H2,1-3H3;2*1H/t17-,20+;;/m1../s1. The van der Waals surface area contributed by atoms with Crippen LogP contribution in [0, 0.1) is 0 Å². The van der Waals surface area contributed by atoms with Gasteiger partial charge in [-0.25, -0.2) is 9.97 Å². The lowest BCUT2D eigenvalue weighted by Crippen LogP contribution is -2.51. The van der Waals surface area contributed by atoms with Gasteiger partial charge in [0.1, 0.15) is 12.1 Å². The van der Waals surface area contributed by atoms with Crippen molar-refractivity contribution < 1.29 is 4.79 Å². The van der Waals surface area contributed by atoms with Crippen molar-refractivity contribution in [3.63, 3.8) is 0 Å². The predicted molar refractivity (Wildman–Crippen MR) is 142 cm³/mol. The van der Waals surface area contributed by atoms with Crippen LogP contribution in [-0.4, -0.2) is 59.5 Å². The number of amides is 1. The highest BCUT2D eigenvalue weighted by atomic mass is 79.9. The molecule has 182 valence electrons. The van der Waals surface area contributed by atoms with E-state index < -0.39 is 0 Å². The number of rotatable bonds is 6. The first-order chi connectivity index (χ1) is 14.9. The summed E-state index contributed by atoms with van der Waals surface area (Å²) in [7, 11) is 0. The molecule has 2 heterocycles. The van der Waals surface area contributed by atoms with Gasteiger partial charge in [0, 0.05) is 54.5 Å². The molecule has 1 amide bonds. The molecule has 0 saturated carbocycles. The highest BCUT2D eigenvalue weighted by Crippen LogP contribution is 2.37. The highest BCUT2D eigenvalue weighted by Gasteiger charge is 2.32. The number of nitrogens with one attached hydrogen (secondary N) is 1. The van der Waals surface area contributed by atoms with Gasteiger partial charge in [-0.05, 0) is 36.5 Å². The molecule has 1 aliphatic carbocycles. The molecule has 1 aliphatic heterocycles. The third-order valence-corrected chi connectivity index (χ3v) is 6.97. The third-order valence-electron chi connectivity index (χ3n) is 6.44. The minimum Gasteiger partial charge on any atom is -0.353 e. The Morgan fingerprint density at radius 1 is 1.12 bits per heavy atom. The van der Waals surface area contributed by atoms with Gasteiger partial charge in [-0.2, -0.15) is 0 Å². The van der Waals surface area contributed by atoms with Gasteiger partial charge < -0.3 is 15.1 Å². The van der Waals surface area contributed by atoms with Crippen molar-refractivity contribution in [2.24, 2.45) is 0 Å². The van der Waals surface area contributed by atoms with Crippen LogP contribution in [0.5, 0.6) is 0 Å². The predicted octanol–water partition coefficient (Wildman–Crippen LogP) is 4.56. The van der Waals surface area contributed by atoms with Gasteiger partial charge in [-0.1, -0.05) is 48.8 Å². The van der Waals surface area contributed by atoms with Crippen LogP contribution in [0.15, 0.2) is 35.1 Å². The van der Waals surface area contributed by atoms with E-state index in [0.717, 1.165) is 54.9 Å². The Labute approximate surface area is 217 Å². The van der Waals surface area contributed by atoms with Gasteiger partial charge >= 0.3 is 0 Å². The first-order valence-corrected chi connectivity index (χ1v) is 12.1. The number of fused-ring (bicyclic) bond motifs is 1. The number of nitrogens with zero attached hydrogens (tertiary/aromatic N) is 4. The Bertz CT molecular complexity index is 920. The number of benzene rings is 1. The topological polar surface area (TPSA) is 61.4 Å². The molecule has 1 fully saturated rings. The fraction of sp³-hybridized carbons (Fsp3) is 0.542. The molecule has 1 aromatic carbocycles. The molecule has 0 bridgehead atoms. The maximum Gasteiger partial charge on any atom is 0.231 e. The van der Waals surface area contributed by atoms with Crippen LogP contribution < -0.4 is 10.2 Å². The maximum absolute atomic E-state index is 13.5. The average Bonchev–Trinajstić information content (AvgIpc) is 3.16. The molecular weight excluding hydrogens is 525 g/mol. The summed E-state index contributed by atoms with van der Waals surface area (Å²) in [5.41, 5.74) is 3.58. The Balaban J connectivity index is 0.00000193. The molecule has 1 aromatic heterocycles. The minimum absolute atomic E-state index is 0. The SMILES string of the molecule is CC(C)NC[C@H](C(=O)N1CCN(c2ncnc3c2[C@H](C)CC3)CC1)c1ccc(Br)cc1.Cl.Cl. The number of anilines is 1. The number of aromatic nitrogens is 2. The molecule has 0 radical (unpaired) electrons. The Morgan fingerprint density at radius 2 is 1.79 bits per heavy atom. The van der Waals surface area contributed by atoms with Gasteiger partial charge in [-0.3, -0.25) is 4.79 Å². The zero-order valence-corrected chi connectivity index (χ0v) is 22.7. The quantitative estimate of drug-likeness (QED) is 0.563. The molecular formula is C24H34BrCl2N5O. The van der Waals surface area contributed by atoms with E-state index in [1.165, 1.54) is 11.3 Å². The molecule has 0 spiro atoms. The third kappa shape index (κ3) is 6.38. The van der Waals surface area contributed by atoms with Crippen LogP contribution in [0.3, 0.4) is 0 Å². The van der Waals surface area contributed by atoms with Crippen molar-refractivity contribution in [1.82, 2.24) is 20.2 Å². The van der Waals surface area contributed by atoms with Crippen molar-refractivity contribution in [2.75, 3.05) is 37.6 Å². The number of hydrogen-bond acceptors (Lipinski definition) is 5. The molecule has 4 rings (SSSR count). The zero-order valence-electron chi connectivity index (χ0n) is 19.5. The van der Waals surface area contributed by atoms with Gasteiger partial charge in [0.15, 0.2) is 0 Å². The van der Waals surface area contributed by atoms with Crippen LogP contribution in [0.25, 0.3) is 0 Å². The smallest absolute Gasteiger partial charge is 0.231 e. The largest absolute Gasteiger partial charge is 0.353 e. The summed E-state index contributed by atoms with van der Waals surface area (Å²) in [5, 5.41) is 3.46. The molecule has 2 aliphatic rings. The van der Waals surface area contributed by atoms with E-state index in [1.54, 1.807) is 6.33 Å². The van der Waals surface area contributed by atoms with Crippen molar-refractivity contribution in [3.05, 3.63) is 51.9 Å². The van der Waals surface area contributed by atoms with E-state index >= 15 is 0 Å². The number of piperazine rings is 1. The van der Waals surface area contributed by atoms with Crippen molar-refractivity contribution in [2.45, 2.75) is 51.5 Å². The minimum atomic E-state index is -0.176. The van der Waals surface area contributed by atoms with Crippen molar-refractivity contribution >= 4 is 52.5 Å². The molecule has 33 heavy (non-hydrogen) atoms. The van der Waals surface area contributed by atoms with Crippen molar-refractivity contribution in [3.8, 4) is 0 Å². The summed E-state index contributed by atoms with van der Waals surface area (Å²) in [5.74, 6) is 1.62. The van der Waals surface area contributed by atoms with Gasteiger partial charge in [0.05, 0.1) is 5.92 Å². The van der Waals surface area contributed by atoms with Crippen LogP contribution in [0.4, 0.5) is 5.82 Å². The zero-order chi connectivity index (χ0) is 22.0. The molecule has 6 nitrogen and oxygen atoms in total. The Hall–Kier alpha value is -1.41. The summed E-state index contributed by atoms with van der Waals surface area (Å²) in [6.45, 7) is 10.2. The summed E-state index contributed by atoms with van der Waals surface area (Å²) >= 11 is 3.50. The molecule has 2 atom stereocenters. The van der Waals surface area contributed by atoms with Crippen LogP contribution in [0.2, 0.25) is 0 Å². The molecule has 0 unspecified atom stereocenters. The van der Waals surface area contributed by atoms with E-state index in [9.17, 15) is 4.79 Å². The Kier molecular flexibility index (Phi) is 10.4. The Morgan fingerprint density at radius 3 is 2.42 bits per heavy atom. The summed E-state index contributed by atoms with van der Waals surface area (Å²) in [4.78, 5) is 27.0. The molecule has 1 saturated heterocycles. The first-order valence-electron chi connectivity index (χ1n) is 11.3. The number of hydrogen-bond donors (Lipinski definition) is 1. The summed E-state index contributed by atoms with van der Waals surface area (Å²) < 4.78 is 1.03. The molecule has 9 heteroatoms. The fourth-order valence-corrected chi connectivity index (χ4v) is 4.89. The molecule has 2 aromatic rings. The van der Waals surface area contributed by atoms with E-state index in [-0.39, 0.29) is 36.6 Å². The number of halogens is 3. The second kappa shape index (κ2) is 12.3. The van der Waals surface area contributed by atoms with Crippen LogP contribution >= 0.6 is 40.7 Å². The lowest BCUT2D eigenvalue weighted by molar-refractivity contribution is -0.133. The van der Waals surface area contributed by atoms with E-state index in [0.29, 0.717) is 18.5 Å². The monoisotopic (exact) mass is 557 g/mol. The summed E-state index contributed by atoms with van der Waals surface area (Å²) in [6.07, 6.45) is 3.89. The second-order valence-corrected chi connectivity index (χ2v) is 9.89. The van der Waals surface area contributed by atoms with E-state index in [1.807, 2.05) is 17.0 Å². The van der Waals surface area contributed by atoms with E-state index in [4.69, 9.17) is 0 Å². The second-order valence-electron chi connectivity index (χ2n) is 8.98. The van der Waals surface area contributed by atoms with Crippen molar-refractivity contribution in [1.29, 1.82) is 0 Å². The van der Waals surface area contributed by atoms with Gasteiger partial charge in [0.25, 0.3) is 0 Å².